The number of nitrogens with zero attached hydrogens (tertiary/aromatic N) is 2. The van der Waals surface area contributed by atoms with Gasteiger partial charge in [-0.15, -0.1) is 0 Å². The van der Waals surface area contributed by atoms with E-state index in [4.69, 9.17) is 9.66 Å². The smallest absolute Gasteiger partial charge is 0.460 e. The van der Waals surface area contributed by atoms with Crippen LogP contribution in [0.25, 0.3) is 0 Å². The van der Waals surface area contributed by atoms with Crippen LogP contribution in [0.5, 0.6) is 0 Å². The Morgan fingerprint density at radius 2 is 1.07 bits per heavy atom. The fourth-order valence-corrected chi connectivity index (χ4v) is 4.92. The third-order valence-electron chi connectivity index (χ3n) is 5.25. The number of sulfonamides is 1. The summed E-state index contributed by atoms with van der Waals surface area (Å²) in [5.74, 6) is -34.2. The number of aliphatic hydroxyl groups excluding tert-OH is 1. The van der Waals surface area contributed by atoms with E-state index in [2.05, 4.69) is 0 Å². The van der Waals surface area contributed by atoms with Crippen LogP contribution >= 0.6 is 0 Å². The van der Waals surface area contributed by atoms with Crippen LogP contribution in [-0.2, 0) is 20.1 Å². The molecule has 24 heteroatoms. The van der Waals surface area contributed by atoms with Gasteiger partial charge >= 0.3 is 35.1 Å². The van der Waals surface area contributed by atoms with Gasteiger partial charge in [0.15, 0.2) is 0 Å². The van der Waals surface area contributed by atoms with Crippen LogP contribution in [-0.4, -0.2) is 129 Å². The fraction of sp³-hybridized carbons (Fsp3) is 1.00. The van der Waals surface area contributed by atoms with Crippen LogP contribution in [0.1, 0.15) is 12.8 Å². The fourth-order valence-electron chi connectivity index (χ4n) is 2.91. The first-order valence-electron chi connectivity index (χ1n) is 10.2. The molecule has 0 fully saturated rings. The van der Waals surface area contributed by atoms with Crippen molar-refractivity contribution in [2.45, 2.75) is 48.0 Å². The van der Waals surface area contributed by atoms with E-state index in [9.17, 15) is 73.9 Å². The number of quaternary nitrogens is 1. The Hall–Kier alpha value is -1.21. The molecule has 0 aromatic rings. The zero-order valence-corrected chi connectivity index (χ0v) is 21.9. The molecule has 0 amide bonds. The summed E-state index contributed by atoms with van der Waals surface area (Å²) in [4.78, 5) is 0. The summed E-state index contributed by atoms with van der Waals surface area (Å²) in [5.41, 5.74) is 0. The lowest BCUT2D eigenvalue weighted by Gasteiger charge is -2.40. The normalized spacial score (nSPS) is 15.3. The highest BCUT2D eigenvalue weighted by molar-refractivity contribution is 7.90. The molecule has 0 radical (unpaired) electrons. The van der Waals surface area contributed by atoms with Gasteiger partial charge < -0.3 is 15.1 Å². The van der Waals surface area contributed by atoms with Gasteiger partial charge in [0.25, 0.3) is 20.1 Å². The van der Waals surface area contributed by atoms with Crippen LogP contribution in [0.2, 0.25) is 0 Å². The molecule has 0 saturated heterocycles. The van der Waals surface area contributed by atoms with Crippen molar-refractivity contribution >= 4 is 20.1 Å². The molecule has 0 aromatic carbocycles. The highest BCUT2D eigenvalue weighted by atomic mass is 32.2. The third kappa shape index (κ3) is 7.99. The molecule has 0 unspecified atom stereocenters. The summed E-state index contributed by atoms with van der Waals surface area (Å²) >= 11 is 0. The lowest BCUT2D eigenvalue weighted by Crippen LogP contribution is -2.72. The topological polar surface area (TPSA) is 142 Å². The quantitative estimate of drug-likeness (QED) is 0.146. The minimum absolute atomic E-state index is 0. The zero-order chi connectivity index (χ0) is 31.7. The lowest BCUT2D eigenvalue weighted by atomic mass is 9.98. The Morgan fingerprint density at radius 1 is 0.675 bits per heavy atom. The second-order valence-corrected chi connectivity index (χ2v) is 12.4. The summed E-state index contributed by atoms with van der Waals surface area (Å²) in [6, 6.07) is 0. The van der Waals surface area contributed by atoms with Gasteiger partial charge in [0, 0.05) is 19.5 Å². The molecule has 0 aliphatic rings. The Kier molecular flexibility index (Phi) is 12.9. The number of rotatable bonds is 16. The van der Waals surface area contributed by atoms with E-state index >= 15 is 0 Å². The van der Waals surface area contributed by atoms with E-state index < -0.39 is 97.9 Å². The Morgan fingerprint density at radius 3 is 1.45 bits per heavy atom. The number of halogens is 13. The number of hydrogen-bond acceptors (Lipinski definition) is 6. The summed E-state index contributed by atoms with van der Waals surface area (Å²) in [7, 11) is -9.55. The van der Waals surface area contributed by atoms with Gasteiger partial charge in [0.2, 0.25) is 0 Å². The van der Waals surface area contributed by atoms with E-state index in [1.165, 1.54) is 14.1 Å². The summed E-state index contributed by atoms with van der Waals surface area (Å²) in [5, 5.41) is 1.47. The molecule has 0 saturated carbocycles. The molecule has 0 aromatic heterocycles. The molecule has 40 heavy (non-hydrogen) atoms. The summed E-state index contributed by atoms with van der Waals surface area (Å²) < 4.78 is 228. The number of alkyl halides is 13. The van der Waals surface area contributed by atoms with E-state index in [0.29, 0.717) is 0 Å². The van der Waals surface area contributed by atoms with Crippen molar-refractivity contribution in [3.63, 3.8) is 0 Å². The number of aliphatic hydroxyl groups is 1. The first kappa shape index (κ1) is 40.9. The van der Waals surface area contributed by atoms with Crippen molar-refractivity contribution < 1.29 is 93.5 Å². The molecule has 0 spiro atoms. The van der Waals surface area contributed by atoms with Gasteiger partial charge in [-0.05, 0) is 6.42 Å². The molecule has 0 atom stereocenters. The first-order valence-corrected chi connectivity index (χ1v) is 13.3. The lowest BCUT2D eigenvalue weighted by molar-refractivity contribution is -0.890. The van der Waals surface area contributed by atoms with Crippen LogP contribution in [0.3, 0.4) is 0 Å². The summed E-state index contributed by atoms with van der Waals surface area (Å²) in [6.07, 6.45) is -9.47. The van der Waals surface area contributed by atoms with Gasteiger partial charge in [0.05, 0.1) is 33.0 Å². The van der Waals surface area contributed by atoms with E-state index in [-0.39, 0.29) is 23.0 Å². The van der Waals surface area contributed by atoms with Crippen molar-refractivity contribution in [3.8, 4) is 0 Å². The predicted octanol–water partition coefficient (Wildman–Crippen LogP) is 2.87. The molecule has 0 bridgehead atoms. The molecule has 0 heterocycles. The van der Waals surface area contributed by atoms with Crippen LogP contribution in [0.15, 0.2) is 0 Å². The maximum atomic E-state index is 14.5. The first-order chi connectivity index (χ1) is 16.9. The average molecular weight is 668 g/mol. The average Bonchev–Trinajstić information content (AvgIpc) is 2.69. The molecule has 3 N–H and O–H groups in total. The molecular formula is C16H25F13N2O7S2. The molecule has 0 aliphatic carbocycles. The van der Waals surface area contributed by atoms with Crippen LogP contribution in [0.4, 0.5) is 57.1 Å². The van der Waals surface area contributed by atoms with Crippen molar-refractivity contribution in [1.82, 2.24) is 4.31 Å². The zero-order valence-electron chi connectivity index (χ0n) is 20.3. The van der Waals surface area contributed by atoms with E-state index in [0.717, 1.165) is 0 Å². The molecular weight excluding hydrogens is 643 g/mol. The number of hydrogen-bond donors (Lipinski definition) is 2. The van der Waals surface area contributed by atoms with E-state index in [1.807, 2.05) is 0 Å². The van der Waals surface area contributed by atoms with Crippen molar-refractivity contribution in [2.24, 2.45) is 0 Å². The monoisotopic (exact) mass is 668 g/mol. The summed E-state index contributed by atoms with van der Waals surface area (Å²) in [6.45, 7) is -3.70. The van der Waals surface area contributed by atoms with E-state index in [1.54, 1.807) is 0 Å². The second kappa shape index (κ2) is 12.6. The van der Waals surface area contributed by atoms with Crippen molar-refractivity contribution in [1.29, 1.82) is 0 Å². The van der Waals surface area contributed by atoms with Crippen LogP contribution < -0.4 is 0 Å². The number of likely N-dealkylation sites (N-methyl/N-ethyl adjacent to an activating group) is 1. The highest BCUT2D eigenvalue weighted by Crippen LogP contribution is 2.61. The largest absolute Gasteiger partial charge is 0.870 e. The molecule has 244 valence electrons. The molecule has 9 nitrogen and oxygen atoms in total. The third-order valence-corrected chi connectivity index (χ3v) is 8.01. The Balaban J connectivity index is 0. The van der Waals surface area contributed by atoms with Gasteiger partial charge in [-0.1, -0.05) is 0 Å². The maximum Gasteiger partial charge on any atom is 0.460 e. The predicted molar refractivity (Wildman–Crippen MR) is 108 cm³/mol. The Bertz CT molecular complexity index is 1050. The van der Waals surface area contributed by atoms with Gasteiger partial charge in [-0.25, -0.2) is 8.42 Å². The minimum Gasteiger partial charge on any atom is -0.870 e. The SMILES string of the molecule is C[N+](C)(CCO)CCCN(CCCS(=O)(=O)O)S(=O)(=O)C(F)(F)C(F)(F)C(F)(F)C(F)(F)C(F)(F)C(F)(F)F.[OH-]. The van der Waals surface area contributed by atoms with Gasteiger partial charge in [-0.3, -0.25) is 4.55 Å². The Labute approximate surface area is 219 Å². The van der Waals surface area contributed by atoms with Crippen molar-refractivity contribution in [2.75, 3.05) is 52.6 Å². The van der Waals surface area contributed by atoms with Crippen molar-refractivity contribution in [3.05, 3.63) is 0 Å². The van der Waals surface area contributed by atoms with Crippen LogP contribution in [0, 0.1) is 0 Å². The standard InChI is InChI=1S/C16H23F13N2O6S2.H2O/c1-31(2,8-9-32)7-3-5-30(6-4-10-38(33,34)35)39(36,37)16(28,29)14(23,24)12(19,20)11(17,18)13(21,22)15(25,26)27;/h32H,3-10H2,1-2H3;1H2. The molecule has 0 aliphatic heterocycles. The minimum atomic E-state index is -8.34. The molecule has 0 rings (SSSR count). The van der Waals surface area contributed by atoms with Gasteiger partial charge in [-0.2, -0.15) is 69.8 Å². The highest BCUT2D eigenvalue weighted by Gasteiger charge is 2.92. The van der Waals surface area contributed by atoms with Gasteiger partial charge in [0.1, 0.15) is 6.54 Å². The maximum absolute atomic E-state index is 14.5. The second-order valence-electron chi connectivity index (χ2n) is 8.82.